The molecule has 0 saturated carbocycles. The first-order valence-electron chi connectivity index (χ1n) is 7.00. The Labute approximate surface area is 133 Å². The fourth-order valence-electron chi connectivity index (χ4n) is 2.72. The molecule has 0 radical (unpaired) electrons. The van der Waals surface area contributed by atoms with Crippen molar-refractivity contribution in [1.82, 2.24) is 5.32 Å². The SMILES string of the molecule is CC(C)CC1CN(c2c(Br)cccc2Br)CCCN1. The van der Waals surface area contributed by atoms with E-state index in [1.807, 2.05) is 0 Å². The summed E-state index contributed by atoms with van der Waals surface area (Å²) in [5.41, 5.74) is 1.29. The molecular formula is C15H22Br2N2. The van der Waals surface area contributed by atoms with Crippen LogP contribution in [0.15, 0.2) is 27.1 Å². The number of rotatable bonds is 3. The summed E-state index contributed by atoms with van der Waals surface area (Å²) in [6, 6.07) is 6.90. The van der Waals surface area contributed by atoms with Gasteiger partial charge in [0.05, 0.1) is 5.69 Å². The first-order chi connectivity index (χ1) is 9.08. The highest BCUT2D eigenvalue weighted by atomic mass is 79.9. The van der Waals surface area contributed by atoms with E-state index in [2.05, 4.69) is 74.1 Å². The number of hydrogen-bond donors (Lipinski definition) is 1. The van der Waals surface area contributed by atoms with E-state index < -0.39 is 0 Å². The van der Waals surface area contributed by atoms with E-state index in [-0.39, 0.29) is 0 Å². The molecule has 1 aliphatic heterocycles. The molecule has 2 rings (SSSR count). The van der Waals surface area contributed by atoms with Crippen molar-refractivity contribution in [3.8, 4) is 0 Å². The first-order valence-corrected chi connectivity index (χ1v) is 8.59. The van der Waals surface area contributed by atoms with E-state index in [0.29, 0.717) is 6.04 Å². The minimum absolute atomic E-state index is 0.585. The van der Waals surface area contributed by atoms with Gasteiger partial charge in [-0.3, -0.25) is 0 Å². The van der Waals surface area contributed by atoms with Crippen molar-refractivity contribution < 1.29 is 0 Å². The molecular weight excluding hydrogens is 368 g/mol. The minimum atomic E-state index is 0.585. The molecule has 106 valence electrons. The number of benzene rings is 1. The average Bonchev–Trinajstić information content (AvgIpc) is 2.54. The van der Waals surface area contributed by atoms with Gasteiger partial charge in [-0.05, 0) is 69.3 Å². The fraction of sp³-hybridized carbons (Fsp3) is 0.600. The van der Waals surface area contributed by atoms with Crippen molar-refractivity contribution in [2.24, 2.45) is 5.92 Å². The number of halogens is 2. The molecule has 1 atom stereocenters. The maximum absolute atomic E-state index is 3.69. The van der Waals surface area contributed by atoms with E-state index in [0.717, 1.165) is 25.6 Å². The summed E-state index contributed by atoms with van der Waals surface area (Å²) < 4.78 is 2.35. The van der Waals surface area contributed by atoms with E-state index in [1.165, 1.54) is 27.5 Å². The van der Waals surface area contributed by atoms with E-state index >= 15 is 0 Å². The van der Waals surface area contributed by atoms with Crippen LogP contribution < -0.4 is 10.2 Å². The zero-order valence-corrected chi connectivity index (χ0v) is 14.8. The monoisotopic (exact) mass is 388 g/mol. The second-order valence-electron chi connectivity index (χ2n) is 5.65. The Morgan fingerprint density at radius 1 is 1.32 bits per heavy atom. The lowest BCUT2D eigenvalue weighted by atomic mass is 10.0. The second-order valence-corrected chi connectivity index (χ2v) is 7.36. The lowest BCUT2D eigenvalue weighted by molar-refractivity contribution is 0.436. The summed E-state index contributed by atoms with van der Waals surface area (Å²) in [5.74, 6) is 0.736. The predicted molar refractivity (Wildman–Crippen MR) is 89.9 cm³/mol. The Morgan fingerprint density at radius 2 is 2.00 bits per heavy atom. The molecule has 1 saturated heterocycles. The van der Waals surface area contributed by atoms with Gasteiger partial charge in [0.25, 0.3) is 0 Å². The van der Waals surface area contributed by atoms with Gasteiger partial charge in [-0.1, -0.05) is 19.9 Å². The van der Waals surface area contributed by atoms with Crippen molar-refractivity contribution in [3.63, 3.8) is 0 Å². The summed E-state index contributed by atoms with van der Waals surface area (Å²) >= 11 is 7.37. The Morgan fingerprint density at radius 3 is 2.63 bits per heavy atom. The van der Waals surface area contributed by atoms with Gasteiger partial charge < -0.3 is 10.2 Å². The Hall–Kier alpha value is -0.0600. The molecule has 1 unspecified atom stereocenters. The molecule has 0 spiro atoms. The molecule has 1 heterocycles. The van der Waals surface area contributed by atoms with Crippen LogP contribution in [0.5, 0.6) is 0 Å². The van der Waals surface area contributed by atoms with Crippen molar-refractivity contribution in [3.05, 3.63) is 27.1 Å². The van der Waals surface area contributed by atoms with Crippen LogP contribution >= 0.6 is 31.9 Å². The number of nitrogens with zero attached hydrogens (tertiary/aromatic N) is 1. The Balaban J connectivity index is 2.18. The zero-order valence-electron chi connectivity index (χ0n) is 11.6. The summed E-state index contributed by atoms with van der Waals surface area (Å²) in [6.45, 7) is 7.91. The number of hydrogen-bond acceptors (Lipinski definition) is 2. The highest BCUT2D eigenvalue weighted by Gasteiger charge is 2.21. The molecule has 0 aromatic heterocycles. The molecule has 1 N–H and O–H groups in total. The Bertz CT molecular complexity index is 400. The van der Waals surface area contributed by atoms with Crippen LogP contribution in [0, 0.1) is 5.92 Å². The standard InChI is InChI=1S/C15H22Br2N2/c1-11(2)9-12-10-19(8-4-7-18-12)15-13(16)5-3-6-14(15)17/h3,5-6,11-12,18H,4,7-10H2,1-2H3. The number of anilines is 1. The molecule has 2 nitrogen and oxygen atoms in total. The molecule has 0 aliphatic carbocycles. The largest absolute Gasteiger partial charge is 0.368 e. The van der Waals surface area contributed by atoms with Crippen LogP contribution in [0.4, 0.5) is 5.69 Å². The maximum Gasteiger partial charge on any atom is 0.0655 e. The van der Waals surface area contributed by atoms with Gasteiger partial charge in [-0.2, -0.15) is 0 Å². The molecule has 4 heteroatoms. The second kappa shape index (κ2) is 7.09. The van der Waals surface area contributed by atoms with Crippen LogP contribution in [0.2, 0.25) is 0 Å². The average molecular weight is 390 g/mol. The summed E-state index contributed by atoms with van der Waals surface area (Å²) in [6.07, 6.45) is 2.43. The molecule has 0 amide bonds. The van der Waals surface area contributed by atoms with Gasteiger partial charge in [0, 0.05) is 28.1 Å². The van der Waals surface area contributed by atoms with Crippen molar-refractivity contribution in [1.29, 1.82) is 0 Å². The van der Waals surface area contributed by atoms with Gasteiger partial charge in [0.1, 0.15) is 0 Å². The minimum Gasteiger partial charge on any atom is -0.368 e. The van der Waals surface area contributed by atoms with Crippen molar-refractivity contribution >= 4 is 37.5 Å². The van der Waals surface area contributed by atoms with Crippen LogP contribution in [-0.4, -0.2) is 25.7 Å². The van der Waals surface area contributed by atoms with Crippen LogP contribution in [0.1, 0.15) is 26.7 Å². The molecule has 19 heavy (non-hydrogen) atoms. The van der Waals surface area contributed by atoms with Gasteiger partial charge in [0.15, 0.2) is 0 Å². The molecule has 1 aliphatic rings. The smallest absolute Gasteiger partial charge is 0.0655 e. The van der Waals surface area contributed by atoms with Crippen LogP contribution in [0.3, 0.4) is 0 Å². The zero-order chi connectivity index (χ0) is 13.8. The van der Waals surface area contributed by atoms with Crippen LogP contribution in [-0.2, 0) is 0 Å². The number of para-hydroxylation sites is 1. The van der Waals surface area contributed by atoms with E-state index in [4.69, 9.17) is 0 Å². The van der Waals surface area contributed by atoms with Gasteiger partial charge in [-0.15, -0.1) is 0 Å². The van der Waals surface area contributed by atoms with E-state index in [9.17, 15) is 0 Å². The highest BCUT2D eigenvalue weighted by molar-refractivity contribution is 9.11. The fourth-order valence-corrected chi connectivity index (χ4v) is 4.22. The third kappa shape index (κ3) is 4.20. The third-order valence-electron chi connectivity index (χ3n) is 3.49. The van der Waals surface area contributed by atoms with Gasteiger partial charge in [-0.25, -0.2) is 0 Å². The maximum atomic E-state index is 3.69. The lowest BCUT2D eigenvalue weighted by Gasteiger charge is -2.29. The molecule has 1 aromatic carbocycles. The predicted octanol–water partition coefficient (Wildman–Crippen LogP) is 4.43. The summed E-state index contributed by atoms with van der Waals surface area (Å²) in [4.78, 5) is 2.50. The van der Waals surface area contributed by atoms with Crippen molar-refractivity contribution in [2.75, 3.05) is 24.5 Å². The normalized spacial score (nSPS) is 20.7. The third-order valence-corrected chi connectivity index (χ3v) is 4.77. The molecule has 1 aromatic rings. The van der Waals surface area contributed by atoms with E-state index in [1.54, 1.807) is 0 Å². The first kappa shape index (κ1) is 15.3. The highest BCUT2D eigenvalue weighted by Crippen LogP contribution is 2.34. The molecule has 1 fully saturated rings. The van der Waals surface area contributed by atoms with Crippen LogP contribution in [0.25, 0.3) is 0 Å². The summed E-state index contributed by atoms with van der Waals surface area (Å²) in [7, 11) is 0. The van der Waals surface area contributed by atoms with Crippen molar-refractivity contribution in [2.45, 2.75) is 32.7 Å². The summed E-state index contributed by atoms with van der Waals surface area (Å²) in [5, 5.41) is 3.68. The molecule has 0 bridgehead atoms. The number of nitrogens with one attached hydrogen (secondary N) is 1. The van der Waals surface area contributed by atoms with Gasteiger partial charge in [0.2, 0.25) is 0 Å². The van der Waals surface area contributed by atoms with Gasteiger partial charge >= 0.3 is 0 Å². The quantitative estimate of drug-likeness (QED) is 0.822. The topological polar surface area (TPSA) is 15.3 Å². The Kier molecular flexibility index (Phi) is 5.72. The lowest BCUT2D eigenvalue weighted by Crippen LogP contribution is -2.38.